The molecule has 0 aliphatic carbocycles. The van der Waals surface area contributed by atoms with Crippen molar-refractivity contribution in [3.05, 3.63) is 29.1 Å². The van der Waals surface area contributed by atoms with Crippen molar-refractivity contribution in [3.8, 4) is 0 Å². The maximum Gasteiger partial charge on any atom is 0.325 e. The predicted molar refractivity (Wildman–Crippen MR) is 75.0 cm³/mol. The van der Waals surface area contributed by atoms with Crippen molar-refractivity contribution in [2.24, 2.45) is 0 Å². The number of ether oxygens (including phenoxy) is 1. The second-order valence-corrected chi connectivity index (χ2v) is 5.52. The summed E-state index contributed by atoms with van der Waals surface area (Å²) < 4.78 is 5.16. The molecule has 2 heterocycles. The van der Waals surface area contributed by atoms with Crippen molar-refractivity contribution in [1.29, 1.82) is 0 Å². The highest BCUT2D eigenvalue weighted by molar-refractivity contribution is 5.79. The molecule has 1 aromatic heterocycles. The van der Waals surface area contributed by atoms with Gasteiger partial charge in [0.05, 0.1) is 18.9 Å². The van der Waals surface area contributed by atoms with Crippen LogP contribution in [0.15, 0.2) is 12.1 Å². The van der Waals surface area contributed by atoms with Gasteiger partial charge in [0.2, 0.25) is 0 Å². The number of nitrogens with zero attached hydrogens (tertiary/aromatic N) is 2. The SMILES string of the molecule is CCOC(=O)C(C)(C)N1CCc2nc(CO)ccc2C1. The minimum absolute atomic E-state index is 0.0364. The van der Waals surface area contributed by atoms with Gasteiger partial charge in [0.1, 0.15) is 5.54 Å². The number of fused-ring (bicyclic) bond motifs is 1. The zero-order valence-corrected chi connectivity index (χ0v) is 12.3. The molecule has 2 rings (SSSR count). The van der Waals surface area contributed by atoms with Crippen LogP contribution < -0.4 is 0 Å². The van der Waals surface area contributed by atoms with Gasteiger partial charge in [-0.1, -0.05) is 6.07 Å². The first-order valence-electron chi connectivity index (χ1n) is 6.99. The van der Waals surface area contributed by atoms with Crippen LogP contribution in [-0.2, 0) is 29.1 Å². The van der Waals surface area contributed by atoms with Crippen LogP contribution in [0.4, 0.5) is 0 Å². The highest BCUT2D eigenvalue weighted by Gasteiger charge is 2.37. The van der Waals surface area contributed by atoms with E-state index in [-0.39, 0.29) is 12.6 Å². The Morgan fingerprint density at radius 2 is 2.25 bits per heavy atom. The molecule has 1 N–H and O–H groups in total. The van der Waals surface area contributed by atoms with Crippen LogP contribution in [0.25, 0.3) is 0 Å². The predicted octanol–water partition coefficient (Wildman–Crippen LogP) is 1.27. The van der Waals surface area contributed by atoms with Crippen molar-refractivity contribution < 1.29 is 14.6 Å². The molecule has 0 amide bonds. The quantitative estimate of drug-likeness (QED) is 0.840. The van der Waals surface area contributed by atoms with Crippen molar-refractivity contribution >= 4 is 5.97 Å². The normalized spacial score (nSPS) is 15.8. The molecule has 5 nitrogen and oxygen atoms in total. The first-order valence-corrected chi connectivity index (χ1v) is 6.99. The van der Waals surface area contributed by atoms with Gasteiger partial charge >= 0.3 is 5.97 Å². The van der Waals surface area contributed by atoms with E-state index < -0.39 is 5.54 Å². The fourth-order valence-corrected chi connectivity index (χ4v) is 2.46. The highest BCUT2D eigenvalue weighted by Crippen LogP contribution is 2.25. The van der Waals surface area contributed by atoms with Crippen LogP contribution in [0.3, 0.4) is 0 Å². The molecule has 110 valence electrons. The number of aromatic nitrogens is 1. The first kappa shape index (κ1) is 14.9. The van der Waals surface area contributed by atoms with Gasteiger partial charge in [-0.2, -0.15) is 0 Å². The fourth-order valence-electron chi connectivity index (χ4n) is 2.46. The smallest absolute Gasteiger partial charge is 0.325 e. The lowest BCUT2D eigenvalue weighted by Gasteiger charge is -2.39. The Morgan fingerprint density at radius 3 is 2.90 bits per heavy atom. The second kappa shape index (κ2) is 5.89. The van der Waals surface area contributed by atoms with Crippen molar-refractivity contribution in [2.75, 3.05) is 13.2 Å². The summed E-state index contributed by atoms with van der Waals surface area (Å²) >= 11 is 0. The molecule has 0 radical (unpaired) electrons. The van der Waals surface area contributed by atoms with E-state index >= 15 is 0 Å². The summed E-state index contributed by atoms with van der Waals surface area (Å²) in [5, 5.41) is 9.12. The molecule has 1 aromatic rings. The lowest BCUT2D eigenvalue weighted by molar-refractivity contribution is -0.156. The maximum absolute atomic E-state index is 12.1. The van der Waals surface area contributed by atoms with Gasteiger partial charge in [-0.3, -0.25) is 14.7 Å². The average Bonchev–Trinajstić information content (AvgIpc) is 2.46. The van der Waals surface area contributed by atoms with E-state index in [0.717, 1.165) is 24.2 Å². The second-order valence-electron chi connectivity index (χ2n) is 5.52. The Balaban J connectivity index is 2.16. The summed E-state index contributed by atoms with van der Waals surface area (Å²) in [6.45, 7) is 7.41. The van der Waals surface area contributed by atoms with Crippen LogP contribution >= 0.6 is 0 Å². The Morgan fingerprint density at radius 1 is 1.50 bits per heavy atom. The average molecular weight is 278 g/mol. The van der Waals surface area contributed by atoms with E-state index in [0.29, 0.717) is 18.8 Å². The molecule has 1 aliphatic rings. The number of aliphatic hydroxyl groups is 1. The summed E-state index contributed by atoms with van der Waals surface area (Å²) in [7, 11) is 0. The Bertz CT molecular complexity index is 500. The number of hydrogen-bond acceptors (Lipinski definition) is 5. The van der Waals surface area contributed by atoms with Gasteiger partial charge in [-0.15, -0.1) is 0 Å². The van der Waals surface area contributed by atoms with Gasteiger partial charge in [0, 0.05) is 25.2 Å². The van der Waals surface area contributed by atoms with Crippen molar-refractivity contribution in [1.82, 2.24) is 9.88 Å². The molecule has 20 heavy (non-hydrogen) atoms. The van der Waals surface area contributed by atoms with Gasteiger partial charge in [-0.05, 0) is 32.4 Å². The van der Waals surface area contributed by atoms with Crippen LogP contribution in [-0.4, -0.2) is 39.7 Å². The van der Waals surface area contributed by atoms with Gasteiger partial charge in [0.25, 0.3) is 0 Å². The van der Waals surface area contributed by atoms with Crippen molar-refractivity contribution in [3.63, 3.8) is 0 Å². The zero-order chi connectivity index (χ0) is 14.8. The highest BCUT2D eigenvalue weighted by atomic mass is 16.5. The molecule has 1 aliphatic heterocycles. The molecule has 0 aromatic carbocycles. The summed E-state index contributed by atoms with van der Waals surface area (Å²) in [4.78, 5) is 18.6. The van der Waals surface area contributed by atoms with Crippen molar-refractivity contribution in [2.45, 2.75) is 45.9 Å². The molecular weight excluding hydrogens is 256 g/mol. The van der Waals surface area contributed by atoms with E-state index in [2.05, 4.69) is 9.88 Å². The molecule has 0 unspecified atom stereocenters. The molecule has 0 bridgehead atoms. The number of carbonyl (C=O) groups excluding carboxylic acids is 1. The van der Waals surface area contributed by atoms with Gasteiger partial charge < -0.3 is 9.84 Å². The summed E-state index contributed by atoms with van der Waals surface area (Å²) in [5.41, 5.74) is 2.20. The first-order chi connectivity index (χ1) is 9.48. The third kappa shape index (κ3) is 2.83. The lowest BCUT2D eigenvalue weighted by Crippen LogP contribution is -2.52. The Kier molecular flexibility index (Phi) is 4.40. The molecule has 0 saturated heterocycles. The molecule has 0 spiro atoms. The topological polar surface area (TPSA) is 62.7 Å². The van der Waals surface area contributed by atoms with Gasteiger partial charge in [0.15, 0.2) is 0 Å². The number of rotatable bonds is 4. The third-order valence-corrected chi connectivity index (χ3v) is 3.83. The summed E-state index contributed by atoms with van der Waals surface area (Å²) in [5.74, 6) is -0.191. The van der Waals surface area contributed by atoms with Crippen LogP contribution in [0.1, 0.15) is 37.7 Å². The van der Waals surface area contributed by atoms with Crippen LogP contribution in [0.5, 0.6) is 0 Å². The van der Waals surface area contributed by atoms with E-state index in [4.69, 9.17) is 9.84 Å². The summed E-state index contributed by atoms with van der Waals surface area (Å²) in [6.07, 6.45) is 0.784. The number of aliphatic hydroxyl groups excluding tert-OH is 1. The van der Waals surface area contributed by atoms with Crippen LogP contribution in [0.2, 0.25) is 0 Å². The lowest BCUT2D eigenvalue weighted by atomic mass is 9.96. The maximum atomic E-state index is 12.1. The molecule has 0 saturated carbocycles. The van der Waals surface area contributed by atoms with Gasteiger partial charge in [-0.25, -0.2) is 0 Å². The van der Waals surface area contributed by atoms with E-state index in [1.165, 1.54) is 0 Å². The minimum Gasteiger partial charge on any atom is -0.465 e. The largest absolute Gasteiger partial charge is 0.465 e. The number of pyridine rings is 1. The zero-order valence-electron chi connectivity index (χ0n) is 12.3. The standard InChI is InChI=1S/C15H22N2O3/c1-4-20-14(19)15(2,3)17-8-7-13-11(9-17)5-6-12(10-18)16-13/h5-6,18H,4,7-10H2,1-3H3. The minimum atomic E-state index is -0.636. The number of hydrogen-bond donors (Lipinski definition) is 1. The molecule has 5 heteroatoms. The molecule has 0 fully saturated rings. The Labute approximate surface area is 119 Å². The fraction of sp³-hybridized carbons (Fsp3) is 0.600. The van der Waals surface area contributed by atoms with E-state index in [9.17, 15) is 4.79 Å². The van der Waals surface area contributed by atoms with E-state index in [1.54, 1.807) is 0 Å². The number of esters is 1. The third-order valence-electron chi connectivity index (χ3n) is 3.83. The summed E-state index contributed by atoms with van der Waals surface area (Å²) in [6, 6.07) is 3.82. The van der Waals surface area contributed by atoms with E-state index in [1.807, 2.05) is 32.9 Å². The monoisotopic (exact) mass is 278 g/mol. The Hall–Kier alpha value is -1.46. The number of carbonyl (C=O) groups is 1. The molecule has 0 atom stereocenters. The van der Waals surface area contributed by atoms with Crippen LogP contribution in [0, 0.1) is 0 Å². The molecular formula is C15H22N2O3.